The van der Waals surface area contributed by atoms with E-state index in [1.165, 1.54) is 19.3 Å². The molecule has 1 heterocycles. The van der Waals surface area contributed by atoms with Gasteiger partial charge in [0.2, 0.25) is 0 Å². The van der Waals surface area contributed by atoms with Crippen LogP contribution in [-0.2, 0) is 4.79 Å². The van der Waals surface area contributed by atoms with E-state index in [9.17, 15) is 9.59 Å². The molecule has 0 aromatic heterocycles. The minimum Gasteiger partial charge on any atom is -0.304 e. The minimum absolute atomic E-state index is 0.0788. The van der Waals surface area contributed by atoms with Crippen LogP contribution < -0.4 is 4.90 Å². The average Bonchev–Trinajstić information content (AvgIpc) is 2.73. The Balaban J connectivity index is 1.92. The Morgan fingerprint density at radius 2 is 1.90 bits per heavy atom. The molecule has 1 saturated carbocycles. The third-order valence-electron chi connectivity index (χ3n) is 4.62. The lowest BCUT2D eigenvalue weighted by atomic mass is 9.75. The summed E-state index contributed by atoms with van der Waals surface area (Å²) in [4.78, 5) is 26.1. The maximum atomic E-state index is 12.3. The largest absolute Gasteiger partial charge is 0.304 e. The van der Waals surface area contributed by atoms with Gasteiger partial charge in [-0.1, -0.05) is 46.8 Å². The van der Waals surface area contributed by atoms with Gasteiger partial charge in [-0.2, -0.15) is 0 Å². The van der Waals surface area contributed by atoms with Crippen LogP contribution in [0.4, 0.5) is 5.69 Å². The van der Waals surface area contributed by atoms with Gasteiger partial charge >= 0.3 is 0 Å². The van der Waals surface area contributed by atoms with Gasteiger partial charge < -0.3 is 4.90 Å². The Morgan fingerprint density at radius 3 is 2.57 bits per heavy atom. The number of benzene rings is 1. The predicted octanol–water partition coefficient (Wildman–Crippen LogP) is 4.21. The summed E-state index contributed by atoms with van der Waals surface area (Å²) in [5.74, 6) is -0.855. The van der Waals surface area contributed by atoms with Crippen molar-refractivity contribution >= 4 is 44.9 Å². The van der Waals surface area contributed by atoms with E-state index < -0.39 is 11.7 Å². The molecule has 0 unspecified atom stereocenters. The third kappa shape index (κ3) is 2.64. The second-order valence-corrected chi connectivity index (χ2v) is 7.07. The van der Waals surface area contributed by atoms with E-state index >= 15 is 0 Å². The second-order valence-electron chi connectivity index (χ2n) is 6.08. The van der Waals surface area contributed by atoms with Crippen molar-refractivity contribution in [2.75, 3.05) is 16.8 Å². The second kappa shape index (κ2) is 5.73. The molecule has 0 saturated heterocycles. The average molecular weight is 371 g/mol. The normalized spacial score (nSPS) is 20.8. The fraction of sp³-hybridized carbons (Fsp3) is 0.500. The highest BCUT2D eigenvalue weighted by atomic mass is 79.9. The van der Waals surface area contributed by atoms with E-state index in [1.807, 2.05) is 0 Å². The zero-order valence-corrected chi connectivity index (χ0v) is 14.0. The monoisotopic (exact) mass is 369 g/mol. The first-order chi connectivity index (χ1) is 10.1. The SMILES string of the molecule is O=C1C(=O)N(CC2(CBr)CCCCC2)c2ccc(Cl)cc21. The molecule has 1 aliphatic carbocycles. The van der Waals surface area contributed by atoms with Crippen molar-refractivity contribution in [2.45, 2.75) is 32.1 Å². The molecule has 0 radical (unpaired) electrons. The van der Waals surface area contributed by atoms with Crippen LogP contribution in [0.3, 0.4) is 0 Å². The molecule has 0 spiro atoms. The summed E-state index contributed by atoms with van der Waals surface area (Å²) in [7, 11) is 0. The van der Waals surface area contributed by atoms with Crippen molar-refractivity contribution in [1.82, 2.24) is 0 Å². The number of halogens is 2. The van der Waals surface area contributed by atoms with Gasteiger partial charge in [0, 0.05) is 16.9 Å². The van der Waals surface area contributed by atoms with Crippen LogP contribution in [0.15, 0.2) is 18.2 Å². The van der Waals surface area contributed by atoms with Crippen LogP contribution >= 0.6 is 27.5 Å². The number of anilines is 1. The van der Waals surface area contributed by atoms with Crippen LogP contribution in [0.1, 0.15) is 42.5 Å². The quantitative estimate of drug-likeness (QED) is 0.590. The van der Waals surface area contributed by atoms with Crippen LogP contribution in [0.25, 0.3) is 0 Å². The molecular weight excluding hydrogens is 354 g/mol. The van der Waals surface area contributed by atoms with Crippen LogP contribution in [0.5, 0.6) is 0 Å². The number of alkyl halides is 1. The van der Waals surface area contributed by atoms with Crippen molar-refractivity contribution in [3.8, 4) is 0 Å². The summed E-state index contributed by atoms with van der Waals surface area (Å²) in [5.41, 5.74) is 1.23. The van der Waals surface area contributed by atoms with E-state index in [-0.39, 0.29) is 5.41 Å². The number of nitrogens with zero attached hydrogens (tertiary/aromatic N) is 1. The van der Waals surface area contributed by atoms with Gasteiger partial charge in [0.15, 0.2) is 0 Å². The van der Waals surface area contributed by atoms with Crippen molar-refractivity contribution in [3.63, 3.8) is 0 Å². The molecule has 1 aromatic carbocycles. The number of fused-ring (bicyclic) bond motifs is 1. The number of rotatable bonds is 3. The zero-order valence-electron chi connectivity index (χ0n) is 11.7. The predicted molar refractivity (Wildman–Crippen MR) is 87.4 cm³/mol. The van der Waals surface area contributed by atoms with Gasteiger partial charge in [0.25, 0.3) is 11.7 Å². The van der Waals surface area contributed by atoms with E-state index in [2.05, 4.69) is 15.9 Å². The Morgan fingerprint density at radius 1 is 1.19 bits per heavy atom. The molecule has 1 fully saturated rings. The molecule has 1 amide bonds. The third-order valence-corrected chi connectivity index (χ3v) is 6.05. The minimum atomic E-state index is -0.437. The molecule has 5 heteroatoms. The summed E-state index contributed by atoms with van der Waals surface area (Å²) in [5, 5.41) is 1.35. The topological polar surface area (TPSA) is 37.4 Å². The molecule has 3 nitrogen and oxygen atoms in total. The molecule has 3 rings (SSSR count). The summed E-state index contributed by atoms with van der Waals surface area (Å²) >= 11 is 9.56. The highest BCUT2D eigenvalue weighted by Gasteiger charge is 2.41. The van der Waals surface area contributed by atoms with Gasteiger partial charge in [0.05, 0.1) is 11.3 Å². The number of amides is 1. The Kier molecular flexibility index (Phi) is 4.10. The van der Waals surface area contributed by atoms with E-state index in [0.29, 0.717) is 22.8 Å². The fourth-order valence-corrected chi connectivity index (χ4v) is 4.31. The number of carbonyl (C=O) groups is 2. The van der Waals surface area contributed by atoms with Crippen LogP contribution in [-0.4, -0.2) is 23.6 Å². The number of ketones is 1. The van der Waals surface area contributed by atoms with Crippen molar-refractivity contribution in [2.24, 2.45) is 5.41 Å². The van der Waals surface area contributed by atoms with Gasteiger partial charge in [-0.3, -0.25) is 9.59 Å². The van der Waals surface area contributed by atoms with Gasteiger partial charge in [-0.15, -0.1) is 0 Å². The Bertz CT molecular complexity index is 596. The maximum absolute atomic E-state index is 12.3. The number of hydrogen-bond donors (Lipinski definition) is 0. The van der Waals surface area contributed by atoms with Crippen LogP contribution in [0.2, 0.25) is 5.02 Å². The van der Waals surface area contributed by atoms with Crippen molar-refractivity contribution in [3.05, 3.63) is 28.8 Å². The summed E-state index contributed by atoms with van der Waals surface area (Å²) in [6, 6.07) is 5.12. The zero-order chi connectivity index (χ0) is 15.0. The lowest BCUT2D eigenvalue weighted by Gasteiger charge is -2.38. The summed E-state index contributed by atoms with van der Waals surface area (Å²) < 4.78 is 0. The molecule has 21 heavy (non-hydrogen) atoms. The van der Waals surface area contributed by atoms with Crippen molar-refractivity contribution in [1.29, 1.82) is 0 Å². The maximum Gasteiger partial charge on any atom is 0.299 e. The van der Waals surface area contributed by atoms with Gasteiger partial charge in [-0.05, 0) is 36.5 Å². The standard InChI is InChI=1S/C16H17BrClNO2/c17-9-16(6-2-1-3-7-16)10-19-13-5-4-11(18)8-12(13)14(20)15(19)21/h4-5,8H,1-3,6-7,9-10H2. The van der Waals surface area contributed by atoms with Crippen molar-refractivity contribution < 1.29 is 9.59 Å². The lowest BCUT2D eigenvalue weighted by molar-refractivity contribution is -0.114. The smallest absolute Gasteiger partial charge is 0.299 e. The van der Waals surface area contributed by atoms with E-state index in [1.54, 1.807) is 23.1 Å². The summed E-state index contributed by atoms with van der Waals surface area (Å²) in [6.07, 6.45) is 5.83. The highest BCUT2D eigenvalue weighted by molar-refractivity contribution is 9.09. The van der Waals surface area contributed by atoms with Gasteiger partial charge in [-0.25, -0.2) is 0 Å². The lowest BCUT2D eigenvalue weighted by Crippen LogP contribution is -2.43. The number of carbonyl (C=O) groups excluding carboxylic acids is 2. The molecule has 0 N–H and O–H groups in total. The summed E-state index contributed by atoms with van der Waals surface area (Å²) in [6.45, 7) is 0.609. The Labute approximate surface area is 137 Å². The highest BCUT2D eigenvalue weighted by Crippen LogP contribution is 2.41. The molecular formula is C16H17BrClNO2. The Hall–Kier alpha value is -0.870. The molecule has 2 aliphatic rings. The number of hydrogen-bond acceptors (Lipinski definition) is 2. The van der Waals surface area contributed by atoms with Crippen LogP contribution in [0, 0.1) is 5.41 Å². The molecule has 0 bridgehead atoms. The first-order valence-corrected chi connectivity index (χ1v) is 8.78. The first kappa shape index (κ1) is 15.0. The van der Waals surface area contributed by atoms with E-state index in [0.717, 1.165) is 18.2 Å². The first-order valence-electron chi connectivity index (χ1n) is 7.28. The van der Waals surface area contributed by atoms with Gasteiger partial charge in [0.1, 0.15) is 0 Å². The molecule has 112 valence electrons. The molecule has 0 atom stereocenters. The fourth-order valence-electron chi connectivity index (χ4n) is 3.40. The number of Topliss-reactive ketones (excluding diaryl/α,β-unsaturated/α-hetero) is 1. The van der Waals surface area contributed by atoms with E-state index in [4.69, 9.17) is 11.6 Å². The molecule has 1 aromatic rings. The molecule has 1 aliphatic heterocycles.